The first-order chi connectivity index (χ1) is 14.1. The van der Waals surface area contributed by atoms with Gasteiger partial charge in [-0.15, -0.1) is 6.58 Å². The molecule has 0 saturated heterocycles. The third kappa shape index (κ3) is 5.48. The Morgan fingerprint density at radius 1 is 1.10 bits per heavy atom. The molecule has 1 atom stereocenters. The molecule has 0 bridgehead atoms. The Morgan fingerprint density at radius 2 is 1.83 bits per heavy atom. The molecular formula is C25H27BrN2O. The summed E-state index contributed by atoms with van der Waals surface area (Å²) in [7, 11) is 0. The van der Waals surface area contributed by atoms with Gasteiger partial charge in [0.15, 0.2) is 0 Å². The Bertz CT molecular complexity index is 931. The molecule has 3 rings (SSSR count). The van der Waals surface area contributed by atoms with E-state index in [-0.39, 0.29) is 11.8 Å². The number of hydrogen-bond acceptors (Lipinski definition) is 1. The van der Waals surface area contributed by atoms with E-state index < -0.39 is 0 Å². The monoisotopic (exact) mass is 450 g/mol. The minimum absolute atomic E-state index is 0.133. The van der Waals surface area contributed by atoms with Gasteiger partial charge in [0.2, 0.25) is 5.91 Å². The third-order valence-electron chi connectivity index (χ3n) is 5.11. The maximum absolute atomic E-state index is 13.4. The van der Waals surface area contributed by atoms with Crippen LogP contribution in [0.5, 0.6) is 0 Å². The van der Waals surface area contributed by atoms with Crippen LogP contribution in [0.25, 0.3) is 0 Å². The predicted octanol–water partition coefficient (Wildman–Crippen LogP) is 6.01. The molecule has 1 heterocycles. The lowest BCUT2D eigenvalue weighted by Gasteiger charge is -2.27. The van der Waals surface area contributed by atoms with E-state index in [0.717, 1.165) is 28.7 Å². The molecule has 150 valence electrons. The van der Waals surface area contributed by atoms with Crippen molar-refractivity contribution in [2.45, 2.75) is 32.4 Å². The number of benzene rings is 2. The summed E-state index contributed by atoms with van der Waals surface area (Å²) >= 11 is 3.48. The zero-order valence-corrected chi connectivity index (χ0v) is 18.4. The van der Waals surface area contributed by atoms with Gasteiger partial charge in [0.05, 0.1) is 12.5 Å². The van der Waals surface area contributed by atoms with Crippen molar-refractivity contribution in [1.29, 1.82) is 0 Å². The molecule has 1 aromatic heterocycles. The number of nitrogens with zero attached hydrogens (tertiary/aromatic N) is 2. The quantitative estimate of drug-likeness (QED) is 0.366. The normalized spacial score (nSPS) is 11.8. The number of aromatic nitrogens is 1. The van der Waals surface area contributed by atoms with Crippen LogP contribution >= 0.6 is 15.9 Å². The molecule has 1 unspecified atom stereocenters. The molecule has 0 radical (unpaired) electrons. The first-order valence-corrected chi connectivity index (χ1v) is 10.7. The summed E-state index contributed by atoms with van der Waals surface area (Å²) in [6.45, 7) is 7.81. The van der Waals surface area contributed by atoms with Crippen LogP contribution in [0, 0.1) is 0 Å². The van der Waals surface area contributed by atoms with Crippen LogP contribution in [-0.2, 0) is 17.9 Å². The Morgan fingerprint density at radius 3 is 2.48 bits per heavy atom. The Hall–Kier alpha value is -2.59. The van der Waals surface area contributed by atoms with Gasteiger partial charge in [0.1, 0.15) is 0 Å². The first kappa shape index (κ1) is 21.1. The summed E-state index contributed by atoms with van der Waals surface area (Å²) in [6, 6.07) is 22.5. The Labute approximate surface area is 181 Å². The van der Waals surface area contributed by atoms with E-state index in [1.165, 1.54) is 5.56 Å². The van der Waals surface area contributed by atoms with Crippen molar-refractivity contribution < 1.29 is 4.79 Å². The van der Waals surface area contributed by atoms with Crippen molar-refractivity contribution >= 4 is 21.8 Å². The second-order valence-electron chi connectivity index (χ2n) is 7.13. The summed E-state index contributed by atoms with van der Waals surface area (Å²) in [5.74, 6) is 0.0148. The highest BCUT2D eigenvalue weighted by atomic mass is 79.9. The molecular weight excluding hydrogens is 424 g/mol. The first-order valence-electron chi connectivity index (χ1n) is 9.95. The molecule has 0 N–H and O–H groups in total. The van der Waals surface area contributed by atoms with Crippen LogP contribution in [-0.4, -0.2) is 21.9 Å². The lowest BCUT2D eigenvalue weighted by molar-refractivity contribution is -0.133. The standard InChI is InChI=1S/C25H27BrN2O/c1-3-16-28(25(29)24(4-2)21-9-6-5-7-10-21)19-23-11-8-17-27(23)18-20-12-14-22(26)15-13-20/h3,5-15,17,24H,1,4,16,18-19H2,2H3. The fourth-order valence-electron chi connectivity index (χ4n) is 3.58. The molecule has 0 aliphatic carbocycles. The lowest BCUT2D eigenvalue weighted by atomic mass is 9.95. The summed E-state index contributed by atoms with van der Waals surface area (Å²) < 4.78 is 3.28. The smallest absolute Gasteiger partial charge is 0.230 e. The topological polar surface area (TPSA) is 25.2 Å². The van der Waals surface area contributed by atoms with Crippen molar-refractivity contribution in [3.05, 3.63) is 107 Å². The van der Waals surface area contributed by atoms with Gasteiger partial charge >= 0.3 is 0 Å². The average molecular weight is 451 g/mol. The van der Waals surface area contributed by atoms with Gasteiger partial charge in [-0.05, 0) is 41.8 Å². The van der Waals surface area contributed by atoms with Gasteiger partial charge < -0.3 is 9.47 Å². The van der Waals surface area contributed by atoms with Gasteiger partial charge in [-0.25, -0.2) is 0 Å². The molecule has 0 spiro atoms. The minimum atomic E-state index is -0.133. The zero-order chi connectivity index (χ0) is 20.6. The maximum atomic E-state index is 13.4. The van der Waals surface area contributed by atoms with Gasteiger partial charge in [0, 0.05) is 29.5 Å². The van der Waals surface area contributed by atoms with E-state index in [9.17, 15) is 4.79 Å². The van der Waals surface area contributed by atoms with Crippen LogP contribution in [0.15, 0.2) is 90.1 Å². The summed E-state index contributed by atoms with van der Waals surface area (Å²) in [5.41, 5.74) is 3.41. The van der Waals surface area contributed by atoms with Crippen molar-refractivity contribution in [1.82, 2.24) is 9.47 Å². The molecule has 0 fully saturated rings. The number of amides is 1. The molecule has 3 aromatic rings. The fraction of sp³-hybridized carbons (Fsp3) is 0.240. The van der Waals surface area contributed by atoms with E-state index in [2.05, 4.69) is 70.5 Å². The number of carbonyl (C=O) groups is 1. The second-order valence-corrected chi connectivity index (χ2v) is 8.05. The highest BCUT2D eigenvalue weighted by Gasteiger charge is 2.24. The van der Waals surface area contributed by atoms with E-state index in [1.54, 1.807) is 6.08 Å². The zero-order valence-electron chi connectivity index (χ0n) is 16.8. The molecule has 0 aliphatic rings. The second kappa shape index (κ2) is 10.3. The van der Waals surface area contributed by atoms with Gasteiger partial charge in [-0.2, -0.15) is 0 Å². The average Bonchev–Trinajstić information content (AvgIpc) is 3.17. The van der Waals surface area contributed by atoms with Crippen molar-refractivity contribution in [2.24, 2.45) is 0 Å². The number of rotatable bonds is 9. The molecule has 0 saturated carbocycles. The van der Waals surface area contributed by atoms with E-state index in [1.807, 2.05) is 41.3 Å². The maximum Gasteiger partial charge on any atom is 0.230 e. The van der Waals surface area contributed by atoms with Crippen molar-refractivity contribution in [3.8, 4) is 0 Å². The van der Waals surface area contributed by atoms with Crippen LogP contribution in [0.3, 0.4) is 0 Å². The Balaban J connectivity index is 1.78. The number of halogens is 1. The van der Waals surface area contributed by atoms with Crippen molar-refractivity contribution in [3.63, 3.8) is 0 Å². The number of carbonyl (C=O) groups excluding carboxylic acids is 1. The van der Waals surface area contributed by atoms with Crippen LogP contribution < -0.4 is 0 Å². The van der Waals surface area contributed by atoms with Crippen LogP contribution in [0.1, 0.15) is 36.1 Å². The van der Waals surface area contributed by atoms with E-state index in [0.29, 0.717) is 13.1 Å². The van der Waals surface area contributed by atoms with Crippen molar-refractivity contribution in [2.75, 3.05) is 6.54 Å². The Kier molecular flexibility index (Phi) is 7.48. The number of hydrogen-bond donors (Lipinski definition) is 0. The van der Waals surface area contributed by atoms with E-state index >= 15 is 0 Å². The largest absolute Gasteiger partial charge is 0.345 e. The third-order valence-corrected chi connectivity index (χ3v) is 5.64. The van der Waals surface area contributed by atoms with Gasteiger partial charge in [-0.3, -0.25) is 4.79 Å². The van der Waals surface area contributed by atoms with Gasteiger partial charge in [0.25, 0.3) is 0 Å². The molecule has 1 amide bonds. The van der Waals surface area contributed by atoms with E-state index in [4.69, 9.17) is 0 Å². The molecule has 0 aliphatic heterocycles. The summed E-state index contributed by atoms with van der Waals surface area (Å²) in [6.07, 6.45) is 4.65. The molecule has 3 nitrogen and oxygen atoms in total. The highest BCUT2D eigenvalue weighted by molar-refractivity contribution is 9.10. The highest BCUT2D eigenvalue weighted by Crippen LogP contribution is 2.23. The predicted molar refractivity (Wildman–Crippen MR) is 123 cm³/mol. The van der Waals surface area contributed by atoms with Crippen LogP contribution in [0.2, 0.25) is 0 Å². The summed E-state index contributed by atoms with van der Waals surface area (Å²) in [4.78, 5) is 15.3. The van der Waals surface area contributed by atoms with Gasteiger partial charge in [-0.1, -0.05) is 71.4 Å². The molecule has 2 aromatic carbocycles. The summed E-state index contributed by atoms with van der Waals surface area (Å²) in [5, 5.41) is 0. The SMILES string of the molecule is C=CCN(Cc1cccn1Cc1ccc(Br)cc1)C(=O)C(CC)c1ccccc1. The lowest BCUT2D eigenvalue weighted by Crippen LogP contribution is -2.35. The fourth-order valence-corrected chi connectivity index (χ4v) is 3.84. The van der Waals surface area contributed by atoms with Crippen LogP contribution in [0.4, 0.5) is 0 Å². The molecule has 4 heteroatoms. The molecule has 29 heavy (non-hydrogen) atoms. The minimum Gasteiger partial charge on any atom is -0.345 e.